The fourth-order valence-corrected chi connectivity index (χ4v) is 5.73. The van der Waals surface area contributed by atoms with Crippen molar-refractivity contribution in [1.82, 2.24) is 15.3 Å². The lowest BCUT2D eigenvalue weighted by Crippen LogP contribution is -2.53. The highest BCUT2D eigenvalue weighted by molar-refractivity contribution is 7.52. The molecule has 4 N–H and O–H groups in total. The van der Waals surface area contributed by atoms with Gasteiger partial charge in [-0.25, -0.2) is 13.8 Å². The summed E-state index contributed by atoms with van der Waals surface area (Å²) in [5, 5.41) is 24.7. The van der Waals surface area contributed by atoms with Gasteiger partial charge in [-0.05, 0) is 55.8 Å². The van der Waals surface area contributed by atoms with Gasteiger partial charge in [-0.1, -0.05) is 43.0 Å². The van der Waals surface area contributed by atoms with Crippen molar-refractivity contribution in [2.45, 2.75) is 44.0 Å². The van der Waals surface area contributed by atoms with E-state index in [1.54, 1.807) is 6.08 Å². The molecular formula is C29H31FN3O9P. The van der Waals surface area contributed by atoms with Crippen molar-refractivity contribution in [2.24, 2.45) is 0 Å². The number of aliphatic hydroxyl groups excluding tert-OH is 1. The van der Waals surface area contributed by atoms with Gasteiger partial charge in [0.25, 0.3) is 0 Å². The number of rotatable bonds is 12. The second-order valence-electron chi connectivity index (χ2n) is 10.0. The molecule has 43 heavy (non-hydrogen) atoms. The molecule has 0 aliphatic carbocycles. The first kappa shape index (κ1) is 31.8. The molecule has 2 aliphatic heterocycles. The lowest BCUT2D eigenvalue weighted by molar-refractivity contribution is -0.138. The second kappa shape index (κ2) is 13.0. The number of aliphatic carboxylic acids is 1. The predicted octanol–water partition coefficient (Wildman–Crippen LogP) is 4.02. The first-order valence-electron chi connectivity index (χ1n) is 13.1. The zero-order chi connectivity index (χ0) is 31.4. The number of carbonyl (C=O) groups is 3. The van der Waals surface area contributed by atoms with Gasteiger partial charge in [-0.2, -0.15) is 5.09 Å². The van der Waals surface area contributed by atoms with Crippen LogP contribution >= 0.6 is 7.75 Å². The minimum absolute atomic E-state index is 0.0338. The maximum atomic E-state index is 15.6. The number of alkyl halides is 1. The highest BCUT2D eigenvalue weighted by atomic mass is 31.2. The van der Waals surface area contributed by atoms with E-state index in [1.165, 1.54) is 49.5 Å². The number of hydrogen-bond donors (Lipinski definition) is 4. The SMILES string of the molecule is C=C1C=CN([C@@H]2O[C@H](COP(=O)(NC(C)C(=O)O)Oc3ccc(C(=O)/C=C/c4ccccc4)cc3)[C@@H](O)[C@@]2(C)F)C(=O)N1. The van der Waals surface area contributed by atoms with Gasteiger partial charge in [0.2, 0.25) is 0 Å². The number of aliphatic hydroxyl groups is 1. The largest absolute Gasteiger partial charge is 0.480 e. The lowest BCUT2D eigenvalue weighted by atomic mass is 9.98. The van der Waals surface area contributed by atoms with Crippen LogP contribution in [0, 0.1) is 0 Å². The molecule has 2 heterocycles. The Bertz CT molecular complexity index is 1480. The Labute approximate surface area is 247 Å². The van der Waals surface area contributed by atoms with Gasteiger partial charge in [-0.3, -0.25) is 19.0 Å². The molecule has 0 spiro atoms. The molecule has 12 nitrogen and oxygen atoms in total. The molecule has 0 radical (unpaired) electrons. The number of ketones is 1. The molecule has 0 saturated carbocycles. The van der Waals surface area contributed by atoms with Crippen LogP contribution in [-0.4, -0.2) is 69.6 Å². The first-order chi connectivity index (χ1) is 20.3. The Hall–Kier alpha value is -4.13. The molecule has 0 bridgehead atoms. The molecule has 6 atom stereocenters. The van der Waals surface area contributed by atoms with Crippen molar-refractivity contribution < 1.29 is 47.3 Å². The average molecular weight is 616 g/mol. The molecule has 1 saturated heterocycles. The van der Waals surface area contributed by atoms with Crippen LogP contribution in [0.2, 0.25) is 0 Å². The number of benzene rings is 2. The van der Waals surface area contributed by atoms with E-state index in [2.05, 4.69) is 17.0 Å². The van der Waals surface area contributed by atoms with Crippen LogP contribution < -0.4 is 14.9 Å². The molecule has 2 aromatic rings. The maximum absolute atomic E-state index is 15.6. The first-order valence-corrected chi connectivity index (χ1v) is 14.6. The minimum atomic E-state index is -4.50. The van der Waals surface area contributed by atoms with Crippen LogP contribution in [0.15, 0.2) is 85.2 Å². The topological polar surface area (TPSA) is 164 Å². The van der Waals surface area contributed by atoms with Crippen molar-refractivity contribution >= 4 is 31.6 Å². The molecule has 2 aliphatic rings. The summed E-state index contributed by atoms with van der Waals surface area (Å²) < 4.78 is 45.8. The van der Waals surface area contributed by atoms with Gasteiger partial charge in [0.05, 0.1) is 6.61 Å². The monoisotopic (exact) mass is 615 g/mol. The van der Waals surface area contributed by atoms with Gasteiger partial charge in [0, 0.05) is 17.5 Å². The molecule has 2 aromatic carbocycles. The zero-order valence-electron chi connectivity index (χ0n) is 23.3. The number of nitrogens with one attached hydrogen (secondary N) is 2. The predicted molar refractivity (Wildman–Crippen MR) is 153 cm³/mol. The average Bonchev–Trinajstić information content (AvgIpc) is 3.19. The molecular weight excluding hydrogens is 584 g/mol. The van der Waals surface area contributed by atoms with Gasteiger partial charge in [0.15, 0.2) is 17.7 Å². The van der Waals surface area contributed by atoms with E-state index in [0.717, 1.165) is 17.4 Å². The van der Waals surface area contributed by atoms with Gasteiger partial charge in [-0.15, -0.1) is 0 Å². The summed E-state index contributed by atoms with van der Waals surface area (Å²) >= 11 is 0. The number of allylic oxidation sites excluding steroid dienone is 2. The van der Waals surface area contributed by atoms with Crippen LogP contribution in [0.5, 0.6) is 5.75 Å². The number of carbonyl (C=O) groups excluding carboxylic acids is 2. The summed E-state index contributed by atoms with van der Waals surface area (Å²) in [5.74, 6) is -1.70. The number of hydrogen-bond acceptors (Lipinski definition) is 8. The van der Waals surface area contributed by atoms with Gasteiger partial charge >= 0.3 is 19.7 Å². The van der Waals surface area contributed by atoms with Crippen LogP contribution in [0.3, 0.4) is 0 Å². The van der Waals surface area contributed by atoms with Gasteiger partial charge in [0.1, 0.15) is 24.0 Å². The summed E-state index contributed by atoms with van der Waals surface area (Å²) in [6.07, 6.45) is 0.874. The number of carboxylic acid groups (broad SMARTS) is 1. The Morgan fingerprint density at radius 1 is 1.26 bits per heavy atom. The zero-order valence-corrected chi connectivity index (χ0v) is 24.1. The number of amides is 2. The third kappa shape index (κ3) is 7.64. The number of nitrogens with zero attached hydrogens (tertiary/aromatic N) is 1. The van der Waals surface area contributed by atoms with E-state index in [9.17, 15) is 29.2 Å². The molecule has 2 unspecified atom stereocenters. The van der Waals surface area contributed by atoms with Crippen LogP contribution in [0.4, 0.5) is 9.18 Å². The van der Waals surface area contributed by atoms with E-state index in [4.69, 9.17) is 13.8 Å². The quantitative estimate of drug-likeness (QED) is 0.156. The minimum Gasteiger partial charge on any atom is -0.480 e. The Morgan fingerprint density at radius 2 is 1.93 bits per heavy atom. The maximum Gasteiger partial charge on any atom is 0.459 e. The summed E-state index contributed by atoms with van der Waals surface area (Å²) in [6.45, 7) is 5.12. The van der Waals surface area contributed by atoms with Crippen molar-refractivity contribution in [2.75, 3.05) is 6.61 Å². The van der Waals surface area contributed by atoms with Gasteiger partial charge < -0.3 is 24.8 Å². The van der Waals surface area contributed by atoms with Crippen molar-refractivity contribution in [1.29, 1.82) is 0 Å². The highest BCUT2D eigenvalue weighted by Gasteiger charge is 2.57. The number of carboxylic acids is 1. The van der Waals surface area contributed by atoms with E-state index >= 15 is 4.39 Å². The molecule has 2 amide bonds. The molecule has 1 fully saturated rings. The summed E-state index contributed by atoms with van der Waals surface area (Å²) in [4.78, 5) is 37.3. The van der Waals surface area contributed by atoms with Crippen molar-refractivity contribution in [3.05, 3.63) is 96.4 Å². The third-order valence-electron chi connectivity index (χ3n) is 6.63. The number of halogens is 1. The smallest absolute Gasteiger partial charge is 0.459 e. The fraction of sp³-hybridized carbons (Fsp3) is 0.276. The van der Waals surface area contributed by atoms with E-state index in [-0.39, 0.29) is 17.2 Å². The van der Waals surface area contributed by atoms with Crippen LogP contribution in [0.1, 0.15) is 29.8 Å². The molecule has 14 heteroatoms. The van der Waals surface area contributed by atoms with E-state index in [0.29, 0.717) is 5.56 Å². The summed E-state index contributed by atoms with van der Waals surface area (Å²) in [7, 11) is -4.50. The molecule has 4 rings (SSSR count). The standard InChI is InChI=1S/C29H31FN3O9P/c1-18-15-16-33(28(38)31-18)27-29(3,30)25(35)24(41-27)17-40-43(39,32-19(2)26(36)37)42-22-12-10-21(11-13-22)23(34)14-9-20-7-5-4-6-8-20/h4-16,19,24-25,27,35H,1,17H2,2-3H3,(H,31,38)(H,32,39)(H,36,37)/b14-9+/t19?,24-,25-,27-,29-,43?/m1/s1. The summed E-state index contributed by atoms with van der Waals surface area (Å²) in [6, 6.07) is 12.6. The Balaban J connectivity index is 1.46. The molecule has 228 valence electrons. The van der Waals surface area contributed by atoms with Crippen LogP contribution in [0.25, 0.3) is 6.08 Å². The Morgan fingerprint density at radius 3 is 2.56 bits per heavy atom. The Kier molecular flexibility index (Phi) is 9.63. The second-order valence-corrected chi connectivity index (χ2v) is 11.7. The fourth-order valence-electron chi connectivity index (χ4n) is 4.22. The highest BCUT2D eigenvalue weighted by Crippen LogP contribution is 2.46. The lowest BCUT2D eigenvalue weighted by Gasteiger charge is -2.33. The number of ether oxygens (including phenoxy) is 1. The third-order valence-corrected chi connectivity index (χ3v) is 8.27. The summed E-state index contributed by atoms with van der Waals surface area (Å²) in [5.41, 5.74) is -1.06. The van der Waals surface area contributed by atoms with E-state index in [1.807, 2.05) is 30.3 Å². The van der Waals surface area contributed by atoms with Crippen molar-refractivity contribution in [3.63, 3.8) is 0 Å². The molecule has 0 aromatic heterocycles. The van der Waals surface area contributed by atoms with Crippen LogP contribution in [-0.2, 0) is 18.6 Å². The number of urea groups is 1. The normalized spacial score (nSPS) is 25.8. The van der Waals surface area contributed by atoms with E-state index < -0.39 is 56.5 Å². The van der Waals surface area contributed by atoms with Crippen molar-refractivity contribution in [3.8, 4) is 5.75 Å².